The SMILES string of the molecule is CCCCN(CCC(=O)NO)S(=O)(=O)N1CCC(NC(=O)c2ccc(F)cc2)C1. The second-order valence-corrected chi connectivity index (χ2v) is 8.80. The third-order valence-corrected chi connectivity index (χ3v) is 6.72. The molecular formula is C18H27FN4O5S. The molecule has 1 atom stereocenters. The van der Waals surface area contributed by atoms with Gasteiger partial charge in [-0.15, -0.1) is 0 Å². The van der Waals surface area contributed by atoms with Crippen LogP contribution in [0.3, 0.4) is 0 Å². The maximum atomic E-state index is 13.0. The average molecular weight is 431 g/mol. The van der Waals surface area contributed by atoms with E-state index in [2.05, 4.69) is 5.32 Å². The van der Waals surface area contributed by atoms with Crippen LogP contribution in [0.5, 0.6) is 0 Å². The summed E-state index contributed by atoms with van der Waals surface area (Å²) < 4.78 is 41.5. The summed E-state index contributed by atoms with van der Waals surface area (Å²) in [5.41, 5.74) is 1.80. The lowest BCUT2D eigenvalue weighted by Crippen LogP contribution is -2.46. The number of nitrogens with zero attached hydrogens (tertiary/aromatic N) is 2. The molecule has 1 fully saturated rings. The number of hydroxylamine groups is 1. The molecule has 0 spiro atoms. The van der Waals surface area contributed by atoms with E-state index < -0.39 is 27.8 Å². The molecule has 11 heteroatoms. The number of nitrogens with one attached hydrogen (secondary N) is 2. The Labute approximate surface area is 170 Å². The lowest BCUT2D eigenvalue weighted by Gasteiger charge is -2.27. The van der Waals surface area contributed by atoms with Crippen molar-refractivity contribution < 1.29 is 27.6 Å². The minimum Gasteiger partial charge on any atom is -0.348 e. The first-order valence-electron chi connectivity index (χ1n) is 9.52. The predicted octanol–water partition coefficient (Wildman–Crippen LogP) is 0.872. The first kappa shape index (κ1) is 23.2. The molecule has 9 nitrogen and oxygen atoms in total. The second-order valence-electron chi connectivity index (χ2n) is 6.87. The van der Waals surface area contributed by atoms with Crippen molar-refractivity contribution in [1.82, 2.24) is 19.4 Å². The van der Waals surface area contributed by atoms with Gasteiger partial charge < -0.3 is 5.32 Å². The Hall–Kier alpha value is -2.08. The first-order valence-corrected chi connectivity index (χ1v) is 10.9. The zero-order valence-electron chi connectivity index (χ0n) is 16.3. The maximum Gasteiger partial charge on any atom is 0.282 e. The number of carbonyl (C=O) groups excluding carboxylic acids is 2. The minimum absolute atomic E-state index is 0.0438. The number of carbonyl (C=O) groups is 2. The van der Waals surface area contributed by atoms with Gasteiger partial charge in [-0.25, -0.2) is 9.87 Å². The second kappa shape index (κ2) is 10.6. The molecule has 1 aliphatic heterocycles. The zero-order chi connectivity index (χ0) is 21.4. The van der Waals surface area contributed by atoms with Crippen LogP contribution in [0.1, 0.15) is 43.0 Å². The summed E-state index contributed by atoms with van der Waals surface area (Å²) in [6, 6.07) is 4.75. The Morgan fingerprint density at radius 1 is 1.28 bits per heavy atom. The molecule has 1 saturated heterocycles. The van der Waals surface area contributed by atoms with E-state index in [1.807, 2.05) is 6.92 Å². The number of halogens is 1. The number of amides is 2. The van der Waals surface area contributed by atoms with Gasteiger partial charge in [0.1, 0.15) is 5.82 Å². The van der Waals surface area contributed by atoms with E-state index in [1.165, 1.54) is 38.4 Å². The summed E-state index contributed by atoms with van der Waals surface area (Å²) in [6.07, 6.45) is 1.72. The Morgan fingerprint density at radius 2 is 1.97 bits per heavy atom. The van der Waals surface area contributed by atoms with Gasteiger partial charge in [0.2, 0.25) is 5.91 Å². The highest BCUT2D eigenvalue weighted by Gasteiger charge is 2.36. The molecule has 1 heterocycles. The van der Waals surface area contributed by atoms with E-state index in [-0.39, 0.29) is 38.6 Å². The highest BCUT2D eigenvalue weighted by molar-refractivity contribution is 7.86. The Balaban J connectivity index is 1.99. The highest BCUT2D eigenvalue weighted by Crippen LogP contribution is 2.19. The summed E-state index contributed by atoms with van der Waals surface area (Å²) in [6.45, 7) is 2.51. The molecule has 162 valence electrons. The molecule has 3 N–H and O–H groups in total. The molecule has 1 aliphatic rings. The van der Waals surface area contributed by atoms with Gasteiger partial charge in [-0.1, -0.05) is 13.3 Å². The molecule has 1 aromatic carbocycles. The molecule has 1 unspecified atom stereocenters. The van der Waals surface area contributed by atoms with Gasteiger partial charge in [-0.05, 0) is 37.1 Å². The summed E-state index contributed by atoms with van der Waals surface area (Å²) in [5, 5.41) is 11.4. The monoisotopic (exact) mass is 430 g/mol. The fourth-order valence-corrected chi connectivity index (χ4v) is 4.76. The van der Waals surface area contributed by atoms with Gasteiger partial charge in [-0.2, -0.15) is 17.0 Å². The largest absolute Gasteiger partial charge is 0.348 e. The van der Waals surface area contributed by atoms with E-state index in [0.29, 0.717) is 18.4 Å². The van der Waals surface area contributed by atoms with E-state index in [4.69, 9.17) is 5.21 Å². The van der Waals surface area contributed by atoms with Crippen molar-refractivity contribution in [3.05, 3.63) is 35.6 Å². The first-order chi connectivity index (χ1) is 13.8. The fourth-order valence-electron chi connectivity index (χ4n) is 3.05. The molecule has 2 amide bonds. The molecule has 0 aliphatic carbocycles. The van der Waals surface area contributed by atoms with Gasteiger partial charge in [0, 0.05) is 44.2 Å². The van der Waals surface area contributed by atoms with Crippen molar-refractivity contribution in [2.24, 2.45) is 0 Å². The minimum atomic E-state index is -3.81. The van der Waals surface area contributed by atoms with Crippen molar-refractivity contribution in [2.75, 3.05) is 26.2 Å². The van der Waals surface area contributed by atoms with Gasteiger partial charge in [0.15, 0.2) is 0 Å². The molecule has 1 aromatic rings. The predicted molar refractivity (Wildman–Crippen MR) is 104 cm³/mol. The van der Waals surface area contributed by atoms with Gasteiger partial charge in [-0.3, -0.25) is 14.8 Å². The van der Waals surface area contributed by atoms with Crippen LogP contribution in [0.2, 0.25) is 0 Å². The van der Waals surface area contributed by atoms with Crippen molar-refractivity contribution in [2.45, 2.75) is 38.6 Å². The van der Waals surface area contributed by atoms with Crippen LogP contribution in [-0.2, 0) is 15.0 Å². The molecule has 29 heavy (non-hydrogen) atoms. The van der Waals surface area contributed by atoms with Gasteiger partial charge in [0.25, 0.3) is 16.1 Å². The molecular weight excluding hydrogens is 403 g/mol. The summed E-state index contributed by atoms with van der Waals surface area (Å²) >= 11 is 0. The highest BCUT2D eigenvalue weighted by atomic mass is 32.2. The van der Waals surface area contributed by atoms with Crippen LogP contribution in [0.4, 0.5) is 4.39 Å². The van der Waals surface area contributed by atoms with Crippen molar-refractivity contribution in [1.29, 1.82) is 0 Å². The van der Waals surface area contributed by atoms with E-state index in [1.54, 1.807) is 0 Å². The third kappa shape index (κ3) is 6.46. The molecule has 0 bridgehead atoms. The van der Waals surface area contributed by atoms with Crippen LogP contribution in [0.25, 0.3) is 0 Å². The molecule has 0 saturated carbocycles. The Morgan fingerprint density at radius 3 is 2.59 bits per heavy atom. The number of unbranched alkanes of at least 4 members (excludes halogenated alkanes) is 1. The quantitative estimate of drug-likeness (QED) is 0.376. The summed E-state index contributed by atoms with van der Waals surface area (Å²) in [4.78, 5) is 23.6. The summed E-state index contributed by atoms with van der Waals surface area (Å²) in [5.74, 6) is -1.49. The van der Waals surface area contributed by atoms with E-state index in [9.17, 15) is 22.4 Å². The fraction of sp³-hybridized carbons (Fsp3) is 0.556. The molecule has 0 aromatic heterocycles. The molecule has 0 radical (unpaired) electrons. The topological polar surface area (TPSA) is 119 Å². The number of hydrogen-bond donors (Lipinski definition) is 3. The van der Waals surface area contributed by atoms with Gasteiger partial charge in [0.05, 0.1) is 0 Å². The van der Waals surface area contributed by atoms with Crippen molar-refractivity contribution in [3.63, 3.8) is 0 Å². The number of benzene rings is 1. The standard InChI is InChI=1S/C18H27FN4O5S/c1-2-3-10-22(12-9-17(24)21-26)29(27,28)23-11-8-16(13-23)20-18(25)14-4-6-15(19)7-5-14/h4-7,16,26H,2-3,8-13H2,1H3,(H,20,25)(H,21,24). The van der Waals surface area contributed by atoms with Crippen LogP contribution < -0.4 is 10.8 Å². The normalized spacial score (nSPS) is 17.4. The van der Waals surface area contributed by atoms with Gasteiger partial charge >= 0.3 is 0 Å². The zero-order valence-corrected chi connectivity index (χ0v) is 17.1. The van der Waals surface area contributed by atoms with Crippen molar-refractivity contribution >= 4 is 22.0 Å². The van der Waals surface area contributed by atoms with Crippen LogP contribution in [0, 0.1) is 5.82 Å². The van der Waals surface area contributed by atoms with E-state index in [0.717, 1.165) is 6.42 Å². The third-order valence-electron chi connectivity index (χ3n) is 4.72. The van der Waals surface area contributed by atoms with Crippen molar-refractivity contribution in [3.8, 4) is 0 Å². The lowest BCUT2D eigenvalue weighted by molar-refractivity contribution is -0.129. The summed E-state index contributed by atoms with van der Waals surface area (Å²) in [7, 11) is -3.81. The van der Waals surface area contributed by atoms with Crippen LogP contribution in [0.15, 0.2) is 24.3 Å². The average Bonchev–Trinajstić information content (AvgIpc) is 3.17. The molecule has 2 rings (SSSR count). The Kier molecular flexibility index (Phi) is 8.50. The lowest BCUT2D eigenvalue weighted by atomic mass is 10.2. The smallest absolute Gasteiger partial charge is 0.282 e. The maximum absolute atomic E-state index is 13.0. The van der Waals surface area contributed by atoms with Crippen LogP contribution >= 0.6 is 0 Å². The Bertz CT molecular complexity index is 803. The number of rotatable bonds is 10. The van der Waals surface area contributed by atoms with Crippen LogP contribution in [-0.4, -0.2) is 66.3 Å². The van der Waals surface area contributed by atoms with E-state index >= 15 is 0 Å². The number of hydrogen-bond acceptors (Lipinski definition) is 5.